The highest BCUT2D eigenvalue weighted by Gasteiger charge is 2.44. The van der Waals surface area contributed by atoms with Crippen LogP contribution in [0.25, 0.3) is 0 Å². The Kier molecular flexibility index (Phi) is 6.54. The van der Waals surface area contributed by atoms with E-state index in [4.69, 9.17) is 9.47 Å². The molecule has 2 aliphatic rings. The quantitative estimate of drug-likeness (QED) is 0.509. The highest BCUT2D eigenvalue weighted by atomic mass is 19.1. The molecule has 2 aromatic rings. The molecule has 9 nitrogen and oxygen atoms in total. The van der Waals surface area contributed by atoms with E-state index in [-0.39, 0.29) is 12.2 Å². The summed E-state index contributed by atoms with van der Waals surface area (Å²) in [6.07, 6.45) is -0.0359. The van der Waals surface area contributed by atoms with Gasteiger partial charge in [-0.15, -0.1) is 0 Å². The van der Waals surface area contributed by atoms with Crippen molar-refractivity contribution >= 4 is 17.6 Å². The van der Waals surface area contributed by atoms with Crippen LogP contribution in [0.2, 0.25) is 0 Å². The molecule has 4 N–H and O–H groups in total. The van der Waals surface area contributed by atoms with Crippen molar-refractivity contribution < 1.29 is 23.5 Å². The number of hydrogen-bond donors (Lipinski definition) is 4. The summed E-state index contributed by atoms with van der Waals surface area (Å²) in [6.45, 7) is 1.03. The first-order valence-electron chi connectivity index (χ1n) is 10.3. The van der Waals surface area contributed by atoms with Gasteiger partial charge in [0.2, 0.25) is 5.91 Å². The fourth-order valence-corrected chi connectivity index (χ4v) is 3.92. The Hall–Kier alpha value is -3.21. The fourth-order valence-electron chi connectivity index (χ4n) is 3.92. The molecule has 10 heteroatoms. The number of anilines is 1. The second-order valence-electron chi connectivity index (χ2n) is 7.59. The van der Waals surface area contributed by atoms with Gasteiger partial charge in [-0.25, -0.2) is 14.1 Å². The molecule has 2 heterocycles. The SMILES string of the molecule is COc1ccc(CCNC2NCC3C(=O)N(c4ccc(F)cc4)C(=O)NC3N2)cc1OC. The van der Waals surface area contributed by atoms with Gasteiger partial charge in [-0.3, -0.25) is 20.7 Å². The molecule has 0 radical (unpaired) electrons. The zero-order valence-electron chi connectivity index (χ0n) is 17.9. The maximum Gasteiger partial charge on any atom is 0.330 e. The van der Waals surface area contributed by atoms with Gasteiger partial charge in [0.05, 0.1) is 32.0 Å². The number of amides is 3. The lowest BCUT2D eigenvalue weighted by molar-refractivity contribution is -0.124. The lowest BCUT2D eigenvalue weighted by Gasteiger charge is -2.43. The second kappa shape index (κ2) is 9.51. The van der Waals surface area contributed by atoms with Crippen molar-refractivity contribution in [2.45, 2.75) is 18.9 Å². The van der Waals surface area contributed by atoms with E-state index < -0.39 is 23.9 Å². The summed E-state index contributed by atoms with van der Waals surface area (Å²) >= 11 is 0. The minimum atomic E-state index is -0.540. The summed E-state index contributed by atoms with van der Waals surface area (Å²) in [5.41, 5.74) is 1.42. The zero-order chi connectivity index (χ0) is 22.7. The standard InChI is InChI=1S/C22H26FN5O4/c1-31-17-8-3-13(11-18(17)32-2)9-10-24-21-25-12-16-19(26-21)27-22(30)28(20(16)29)15-6-4-14(23)5-7-15/h3-8,11,16,19,21,24-26H,9-10,12H2,1-2H3,(H,27,30). The molecule has 0 spiro atoms. The van der Waals surface area contributed by atoms with E-state index in [1.807, 2.05) is 18.2 Å². The van der Waals surface area contributed by atoms with Crippen LogP contribution < -0.4 is 35.6 Å². The van der Waals surface area contributed by atoms with Gasteiger partial charge in [0.1, 0.15) is 12.1 Å². The van der Waals surface area contributed by atoms with Gasteiger partial charge in [0.25, 0.3) is 0 Å². The van der Waals surface area contributed by atoms with Crippen LogP contribution in [0.3, 0.4) is 0 Å². The minimum Gasteiger partial charge on any atom is -0.493 e. The highest BCUT2D eigenvalue weighted by Crippen LogP contribution is 2.27. The number of urea groups is 1. The number of imide groups is 1. The maximum atomic E-state index is 13.2. The van der Waals surface area contributed by atoms with Crippen LogP contribution in [-0.2, 0) is 11.2 Å². The normalized spacial score (nSPS) is 22.8. The Bertz CT molecular complexity index is 987. The Labute approximate surface area is 185 Å². The number of methoxy groups -OCH3 is 2. The van der Waals surface area contributed by atoms with Gasteiger partial charge in [0.15, 0.2) is 11.5 Å². The number of nitrogens with zero attached hydrogens (tertiary/aromatic N) is 1. The minimum absolute atomic E-state index is 0.276. The van der Waals surface area contributed by atoms with Gasteiger partial charge in [-0.1, -0.05) is 6.07 Å². The summed E-state index contributed by atoms with van der Waals surface area (Å²) in [5.74, 6) is 0.101. The van der Waals surface area contributed by atoms with Crippen molar-refractivity contribution in [3.05, 3.63) is 53.8 Å². The predicted molar refractivity (Wildman–Crippen MR) is 116 cm³/mol. The lowest BCUT2D eigenvalue weighted by Crippen LogP contribution is -2.74. The third-order valence-electron chi connectivity index (χ3n) is 5.61. The summed E-state index contributed by atoms with van der Waals surface area (Å²) in [4.78, 5) is 26.5. The first-order chi connectivity index (χ1) is 15.5. The molecule has 3 amide bonds. The van der Waals surface area contributed by atoms with Crippen molar-refractivity contribution in [2.24, 2.45) is 5.92 Å². The van der Waals surface area contributed by atoms with Gasteiger partial charge < -0.3 is 14.8 Å². The predicted octanol–water partition coefficient (Wildman–Crippen LogP) is 1.15. The van der Waals surface area contributed by atoms with E-state index in [1.165, 1.54) is 24.3 Å². The molecule has 32 heavy (non-hydrogen) atoms. The van der Waals surface area contributed by atoms with Crippen LogP contribution in [0.1, 0.15) is 5.56 Å². The van der Waals surface area contributed by atoms with Crippen LogP contribution in [-0.4, -0.2) is 51.7 Å². The van der Waals surface area contributed by atoms with Gasteiger partial charge in [-0.05, 0) is 48.4 Å². The first kappa shape index (κ1) is 22.0. The van der Waals surface area contributed by atoms with Crippen molar-refractivity contribution in [3.8, 4) is 11.5 Å². The molecule has 2 saturated heterocycles. The van der Waals surface area contributed by atoms with E-state index in [2.05, 4.69) is 21.3 Å². The van der Waals surface area contributed by atoms with Gasteiger partial charge in [0, 0.05) is 13.1 Å². The molecule has 3 unspecified atom stereocenters. The molecule has 170 valence electrons. The number of hydrogen-bond acceptors (Lipinski definition) is 7. The Morgan fingerprint density at radius 1 is 1.09 bits per heavy atom. The molecule has 4 rings (SSSR count). The smallest absolute Gasteiger partial charge is 0.330 e. The van der Waals surface area contributed by atoms with E-state index in [0.717, 1.165) is 16.9 Å². The number of halogens is 1. The highest BCUT2D eigenvalue weighted by molar-refractivity contribution is 6.17. The zero-order valence-corrected chi connectivity index (χ0v) is 17.9. The summed E-state index contributed by atoms with van der Waals surface area (Å²) < 4.78 is 23.8. The Morgan fingerprint density at radius 3 is 2.56 bits per heavy atom. The maximum absolute atomic E-state index is 13.2. The molecule has 0 aliphatic carbocycles. The van der Waals surface area contributed by atoms with Crippen LogP contribution >= 0.6 is 0 Å². The van der Waals surface area contributed by atoms with Crippen molar-refractivity contribution in [1.29, 1.82) is 0 Å². The number of carbonyl (C=O) groups excluding carboxylic acids is 2. The first-order valence-corrected chi connectivity index (χ1v) is 10.3. The molecule has 0 saturated carbocycles. The average molecular weight is 443 g/mol. The van der Waals surface area contributed by atoms with Crippen LogP contribution in [0.4, 0.5) is 14.9 Å². The van der Waals surface area contributed by atoms with Crippen LogP contribution in [0.5, 0.6) is 11.5 Å². The van der Waals surface area contributed by atoms with Crippen LogP contribution in [0, 0.1) is 11.7 Å². The van der Waals surface area contributed by atoms with Gasteiger partial charge in [-0.2, -0.15) is 0 Å². The molecule has 3 atom stereocenters. The number of benzene rings is 2. The number of ether oxygens (including phenoxy) is 2. The topological polar surface area (TPSA) is 104 Å². The molecule has 2 fully saturated rings. The molecule has 2 aromatic carbocycles. The molecular weight excluding hydrogens is 417 g/mol. The van der Waals surface area contributed by atoms with Crippen molar-refractivity contribution in [2.75, 3.05) is 32.2 Å². The van der Waals surface area contributed by atoms with E-state index in [1.54, 1.807) is 14.2 Å². The Morgan fingerprint density at radius 2 is 1.84 bits per heavy atom. The Balaban J connectivity index is 1.32. The molecule has 0 aromatic heterocycles. The average Bonchev–Trinajstić information content (AvgIpc) is 2.80. The lowest BCUT2D eigenvalue weighted by atomic mass is 9.99. The van der Waals surface area contributed by atoms with Gasteiger partial charge >= 0.3 is 6.03 Å². The summed E-state index contributed by atoms with van der Waals surface area (Å²) in [5, 5.41) is 12.6. The third-order valence-corrected chi connectivity index (χ3v) is 5.61. The number of carbonyl (C=O) groups is 2. The number of nitrogens with one attached hydrogen (secondary N) is 4. The van der Waals surface area contributed by atoms with Crippen molar-refractivity contribution in [1.82, 2.24) is 21.3 Å². The molecular formula is C22H26FN5O4. The second-order valence-corrected chi connectivity index (χ2v) is 7.59. The monoisotopic (exact) mass is 443 g/mol. The van der Waals surface area contributed by atoms with E-state index in [9.17, 15) is 14.0 Å². The summed E-state index contributed by atoms with van der Waals surface area (Å²) in [6, 6.07) is 10.5. The van der Waals surface area contributed by atoms with E-state index in [0.29, 0.717) is 30.3 Å². The van der Waals surface area contributed by atoms with E-state index >= 15 is 0 Å². The number of rotatable bonds is 7. The third kappa shape index (κ3) is 4.52. The van der Waals surface area contributed by atoms with Crippen LogP contribution in [0.15, 0.2) is 42.5 Å². The number of fused-ring (bicyclic) bond motifs is 1. The van der Waals surface area contributed by atoms with Crippen molar-refractivity contribution in [3.63, 3.8) is 0 Å². The largest absolute Gasteiger partial charge is 0.493 e. The fraction of sp³-hybridized carbons (Fsp3) is 0.364. The molecule has 2 aliphatic heterocycles. The molecule has 0 bridgehead atoms. The summed E-state index contributed by atoms with van der Waals surface area (Å²) in [7, 11) is 3.20.